The maximum Gasteiger partial charge on any atom is 0.188 e. The van der Waals surface area contributed by atoms with Gasteiger partial charge in [0.25, 0.3) is 0 Å². The van der Waals surface area contributed by atoms with E-state index in [1.54, 1.807) is 23.5 Å². The van der Waals surface area contributed by atoms with Crippen molar-refractivity contribution in [3.8, 4) is 11.3 Å². The Morgan fingerprint density at radius 2 is 1.62 bits per heavy atom. The number of halogens is 2. The van der Waals surface area contributed by atoms with E-state index in [0.717, 1.165) is 21.3 Å². The first-order valence-electron chi connectivity index (χ1n) is 6.39. The van der Waals surface area contributed by atoms with Gasteiger partial charge < -0.3 is 5.32 Å². The van der Waals surface area contributed by atoms with E-state index in [0.29, 0.717) is 15.7 Å². The van der Waals surface area contributed by atoms with Gasteiger partial charge in [-0.15, -0.1) is 11.3 Å². The third kappa shape index (κ3) is 3.05. The van der Waals surface area contributed by atoms with Crippen LogP contribution in [-0.4, -0.2) is 4.98 Å². The van der Waals surface area contributed by atoms with Crippen molar-refractivity contribution in [1.82, 2.24) is 4.98 Å². The van der Waals surface area contributed by atoms with Crippen LogP contribution in [0.25, 0.3) is 11.3 Å². The van der Waals surface area contributed by atoms with Crippen LogP contribution >= 0.6 is 34.5 Å². The molecule has 0 atom stereocenters. The molecule has 0 bridgehead atoms. The summed E-state index contributed by atoms with van der Waals surface area (Å²) in [6.07, 6.45) is 0. The van der Waals surface area contributed by atoms with Crippen molar-refractivity contribution in [3.05, 3.63) is 63.5 Å². The van der Waals surface area contributed by atoms with E-state index < -0.39 is 0 Å². The Bertz CT molecular complexity index is 749. The molecule has 5 heteroatoms. The highest BCUT2D eigenvalue weighted by Crippen LogP contribution is 2.36. The Morgan fingerprint density at radius 1 is 0.952 bits per heavy atom. The summed E-state index contributed by atoms with van der Waals surface area (Å²) < 4.78 is 0. The first-order chi connectivity index (χ1) is 10.1. The fraction of sp³-hybridized carbons (Fsp3) is 0.0625. The van der Waals surface area contributed by atoms with Gasteiger partial charge in [0.2, 0.25) is 0 Å². The average Bonchev–Trinajstić information content (AvgIpc) is 2.85. The highest BCUT2D eigenvalue weighted by atomic mass is 35.5. The molecular weight excluding hydrogens is 323 g/mol. The molecule has 0 unspecified atom stereocenters. The molecule has 1 aromatic heterocycles. The van der Waals surface area contributed by atoms with Gasteiger partial charge in [0.05, 0.1) is 21.4 Å². The summed E-state index contributed by atoms with van der Waals surface area (Å²) in [5.74, 6) is 0. The van der Waals surface area contributed by atoms with Crippen LogP contribution < -0.4 is 5.32 Å². The highest BCUT2D eigenvalue weighted by molar-refractivity contribution is 7.16. The molecule has 0 fully saturated rings. The first kappa shape index (κ1) is 14.4. The standard InChI is InChI=1S/C16H12Cl2N2S/c1-10-14(11-6-3-2-4-7-11)19-16(21-10)20-15-12(17)8-5-9-13(15)18/h2-9H,1H3,(H,19,20). The Morgan fingerprint density at radius 3 is 2.29 bits per heavy atom. The smallest absolute Gasteiger partial charge is 0.188 e. The second-order valence-corrected chi connectivity index (χ2v) is 6.53. The molecule has 0 aliphatic carbocycles. The average molecular weight is 335 g/mol. The maximum atomic E-state index is 6.17. The topological polar surface area (TPSA) is 24.9 Å². The minimum atomic E-state index is 0.580. The molecule has 0 saturated carbocycles. The normalized spacial score (nSPS) is 10.6. The van der Waals surface area contributed by atoms with Crippen molar-refractivity contribution in [2.75, 3.05) is 5.32 Å². The number of nitrogens with one attached hydrogen (secondary N) is 1. The molecule has 0 aliphatic heterocycles. The van der Waals surface area contributed by atoms with Crippen LogP contribution in [0, 0.1) is 6.92 Å². The van der Waals surface area contributed by atoms with E-state index in [1.807, 2.05) is 36.4 Å². The second kappa shape index (κ2) is 6.06. The number of aromatic nitrogens is 1. The largest absolute Gasteiger partial charge is 0.329 e. The van der Waals surface area contributed by atoms with Gasteiger partial charge in [0, 0.05) is 10.4 Å². The van der Waals surface area contributed by atoms with Crippen LogP contribution in [0.1, 0.15) is 4.88 Å². The summed E-state index contributed by atoms with van der Waals surface area (Å²) >= 11 is 13.9. The van der Waals surface area contributed by atoms with Crippen molar-refractivity contribution in [2.24, 2.45) is 0 Å². The number of hydrogen-bond acceptors (Lipinski definition) is 3. The van der Waals surface area contributed by atoms with Crippen LogP contribution in [0.15, 0.2) is 48.5 Å². The molecule has 2 nitrogen and oxygen atoms in total. The molecule has 0 saturated heterocycles. The van der Waals surface area contributed by atoms with Gasteiger partial charge in [-0.05, 0) is 19.1 Å². The van der Waals surface area contributed by atoms with Gasteiger partial charge in [-0.2, -0.15) is 0 Å². The summed E-state index contributed by atoms with van der Waals surface area (Å²) in [6, 6.07) is 15.5. The zero-order valence-electron chi connectivity index (χ0n) is 11.2. The van der Waals surface area contributed by atoms with Gasteiger partial charge in [0.1, 0.15) is 0 Å². The minimum Gasteiger partial charge on any atom is -0.329 e. The highest BCUT2D eigenvalue weighted by Gasteiger charge is 2.12. The maximum absolute atomic E-state index is 6.17. The number of para-hydroxylation sites is 1. The summed E-state index contributed by atoms with van der Waals surface area (Å²) in [4.78, 5) is 5.79. The number of aryl methyl sites for hydroxylation is 1. The number of rotatable bonds is 3. The molecule has 3 rings (SSSR count). The zero-order chi connectivity index (χ0) is 14.8. The predicted molar refractivity (Wildman–Crippen MR) is 92.0 cm³/mol. The monoisotopic (exact) mass is 334 g/mol. The quantitative estimate of drug-likeness (QED) is 0.619. The van der Waals surface area contributed by atoms with Crippen molar-refractivity contribution in [3.63, 3.8) is 0 Å². The van der Waals surface area contributed by atoms with Crippen LogP contribution in [0.3, 0.4) is 0 Å². The van der Waals surface area contributed by atoms with Gasteiger partial charge in [0.15, 0.2) is 5.13 Å². The lowest BCUT2D eigenvalue weighted by molar-refractivity contribution is 1.36. The summed E-state index contributed by atoms with van der Waals surface area (Å²) in [5, 5.41) is 5.15. The third-order valence-electron chi connectivity index (χ3n) is 3.04. The number of hydrogen-bond donors (Lipinski definition) is 1. The number of thiazole rings is 1. The van der Waals surface area contributed by atoms with Crippen LogP contribution in [0.2, 0.25) is 10.0 Å². The number of benzene rings is 2. The molecule has 106 valence electrons. The molecule has 3 aromatic rings. The van der Waals surface area contributed by atoms with E-state index in [4.69, 9.17) is 23.2 Å². The summed E-state index contributed by atoms with van der Waals surface area (Å²) in [6.45, 7) is 2.05. The van der Waals surface area contributed by atoms with E-state index >= 15 is 0 Å². The lowest BCUT2D eigenvalue weighted by atomic mass is 10.1. The molecule has 0 aliphatic rings. The summed E-state index contributed by atoms with van der Waals surface area (Å²) in [7, 11) is 0. The van der Waals surface area contributed by atoms with E-state index in [-0.39, 0.29) is 0 Å². The summed E-state index contributed by atoms with van der Waals surface area (Å²) in [5.41, 5.74) is 2.77. The first-order valence-corrected chi connectivity index (χ1v) is 7.96. The van der Waals surface area contributed by atoms with E-state index in [2.05, 4.69) is 17.2 Å². The van der Waals surface area contributed by atoms with Crippen LogP contribution in [-0.2, 0) is 0 Å². The third-order valence-corrected chi connectivity index (χ3v) is 4.55. The fourth-order valence-electron chi connectivity index (χ4n) is 2.04. The molecule has 1 heterocycles. The van der Waals surface area contributed by atoms with Crippen molar-refractivity contribution >= 4 is 45.4 Å². The molecule has 0 radical (unpaired) electrons. The zero-order valence-corrected chi connectivity index (χ0v) is 13.6. The molecule has 0 amide bonds. The van der Waals surface area contributed by atoms with Gasteiger partial charge in [-0.3, -0.25) is 0 Å². The fourth-order valence-corrected chi connectivity index (χ4v) is 3.37. The second-order valence-electron chi connectivity index (χ2n) is 4.51. The van der Waals surface area contributed by atoms with E-state index in [1.165, 1.54) is 0 Å². The number of anilines is 2. The lowest BCUT2D eigenvalue weighted by Gasteiger charge is -2.06. The minimum absolute atomic E-state index is 0.580. The lowest BCUT2D eigenvalue weighted by Crippen LogP contribution is -1.91. The Kier molecular flexibility index (Phi) is 4.15. The molecular formula is C16H12Cl2N2S. The van der Waals surface area contributed by atoms with Crippen molar-refractivity contribution in [1.29, 1.82) is 0 Å². The van der Waals surface area contributed by atoms with Crippen LogP contribution in [0.4, 0.5) is 10.8 Å². The van der Waals surface area contributed by atoms with Gasteiger partial charge >= 0.3 is 0 Å². The molecule has 1 N–H and O–H groups in total. The Hall–Kier alpha value is -1.55. The van der Waals surface area contributed by atoms with Crippen molar-refractivity contribution < 1.29 is 0 Å². The SMILES string of the molecule is Cc1sc(Nc2c(Cl)cccc2Cl)nc1-c1ccccc1. The Labute approximate surface area is 137 Å². The van der Waals surface area contributed by atoms with Crippen molar-refractivity contribution in [2.45, 2.75) is 6.92 Å². The van der Waals surface area contributed by atoms with Crippen LogP contribution in [0.5, 0.6) is 0 Å². The van der Waals surface area contributed by atoms with Gasteiger partial charge in [-0.1, -0.05) is 59.6 Å². The molecule has 21 heavy (non-hydrogen) atoms. The van der Waals surface area contributed by atoms with E-state index in [9.17, 15) is 0 Å². The van der Waals surface area contributed by atoms with Gasteiger partial charge in [-0.25, -0.2) is 4.98 Å². The Balaban J connectivity index is 1.95. The molecule has 2 aromatic carbocycles. The molecule has 0 spiro atoms. The predicted octanol–water partition coefficient (Wildman–Crippen LogP) is 6.17. The number of nitrogens with zero attached hydrogens (tertiary/aromatic N) is 1.